The van der Waals surface area contributed by atoms with Crippen molar-refractivity contribution in [3.05, 3.63) is 119 Å². The fraction of sp³-hybridized carbons (Fsp3) is 0.111. The number of benzene rings is 3. The predicted molar refractivity (Wildman–Crippen MR) is 120 cm³/mol. The fourth-order valence-corrected chi connectivity index (χ4v) is 6.31. The zero-order valence-corrected chi connectivity index (χ0v) is 16.3. The van der Waals surface area contributed by atoms with Crippen LogP contribution in [0.1, 0.15) is 23.1 Å². The largest absolute Gasteiger partial charge is 0.143 e. The lowest BCUT2D eigenvalue weighted by Crippen LogP contribution is -2.35. The molecule has 0 bridgehead atoms. The van der Waals surface area contributed by atoms with E-state index in [0.717, 1.165) is 6.42 Å². The van der Waals surface area contributed by atoms with Crippen LogP contribution in [0.3, 0.4) is 0 Å². The van der Waals surface area contributed by atoms with Crippen LogP contribution in [0.4, 0.5) is 0 Å². The molecular formula is C27H20S. The highest BCUT2D eigenvalue weighted by atomic mass is 32.1. The standard InChI is InChI=1S/C27H20S/c1-3-9-20(10-4-1)27(21-11-5-2-6-12-21)23-14-8-7-13-22(23)25-24(27)16-15-19-17-18-28-26(19)25/h1-11,13-18,21H,12H2. The highest BCUT2D eigenvalue weighted by Crippen LogP contribution is 2.59. The van der Waals surface area contributed by atoms with Crippen molar-refractivity contribution in [1.82, 2.24) is 0 Å². The van der Waals surface area contributed by atoms with Gasteiger partial charge < -0.3 is 0 Å². The zero-order valence-electron chi connectivity index (χ0n) is 15.5. The van der Waals surface area contributed by atoms with E-state index in [-0.39, 0.29) is 5.41 Å². The number of hydrogen-bond acceptors (Lipinski definition) is 1. The van der Waals surface area contributed by atoms with E-state index in [9.17, 15) is 0 Å². The first-order chi connectivity index (χ1) is 13.9. The maximum atomic E-state index is 2.41. The molecule has 134 valence electrons. The van der Waals surface area contributed by atoms with Gasteiger partial charge in [0.05, 0.1) is 5.41 Å². The Morgan fingerprint density at radius 2 is 1.64 bits per heavy atom. The summed E-state index contributed by atoms with van der Waals surface area (Å²) in [6.45, 7) is 0. The SMILES string of the molecule is C1=CCC(C2(c3ccccc3)c3ccccc3-c3c2ccc2ccsc32)C=C1. The van der Waals surface area contributed by atoms with E-state index in [4.69, 9.17) is 0 Å². The topological polar surface area (TPSA) is 0 Å². The van der Waals surface area contributed by atoms with Crippen LogP contribution >= 0.6 is 11.3 Å². The molecule has 3 aromatic carbocycles. The van der Waals surface area contributed by atoms with Gasteiger partial charge in [0.25, 0.3) is 0 Å². The van der Waals surface area contributed by atoms with E-state index in [1.807, 2.05) is 11.3 Å². The van der Waals surface area contributed by atoms with Crippen LogP contribution < -0.4 is 0 Å². The average Bonchev–Trinajstić information content (AvgIpc) is 3.36. The Labute approximate surface area is 169 Å². The van der Waals surface area contributed by atoms with Gasteiger partial charge in [0, 0.05) is 10.3 Å². The number of rotatable bonds is 2. The monoisotopic (exact) mass is 376 g/mol. The normalized spacial score (nSPS) is 22.4. The van der Waals surface area contributed by atoms with Gasteiger partial charge in [-0.25, -0.2) is 0 Å². The summed E-state index contributed by atoms with van der Waals surface area (Å²) in [6.07, 6.45) is 10.2. The molecule has 0 nitrogen and oxygen atoms in total. The molecule has 0 radical (unpaired) electrons. The molecule has 1 heteroatoms. The Morgan fingerprint density at radius 1 is 0.786 bits per heavy atom. The first kappa shape index (κ1) is 16.1. The van der Waals surface area contributed by atoms with Crippen LogP contribution in [0.25, 0.3) is 21.2 Å². The van der Waals surface area contributed by atoms with Gasteiger partial charge in [-0.2, -0.15) is 0 Å². The third kappa shape index (κ3) is 2.00. The van der Waals surface area contributed by atoms with Gasteiger partial charge in [-0.1, -0.05) is 91.0 Å². The van der Waals surface area contributed by atoms with Crippen LogP contribution in [0.5, 0.6) is 0 Å². The van der Waals surface area contributed by atoms with Crippen molar-refractivity contribution in [2.75, 3.05) is 0 Å². The fourth-order valence-electron chi connectivity index (χ4n) is 5.35. The molecule has 0 saturated heterocycles. The lowest BCUT2D eigenvalue weighted by atomic mass is 9.62. The zero-order chi connectivity index (χ0) is 18.6. The second-order valence-electron chi connectivity index (χ2n) is 7.70. The first-order valence-corrected chi connectivity index (χ1v) is 10.8. The maximum Gasteiger partial charge on any atom is 0.0529 e. The minimum absolute atomic E-state index is 0.146. The second kappa shape index (κ2) is 6.05. The van der Waals surface area contributed by atoms with Crippen LogP contribution in [0.2, 0.25) is 0 Å². The lowest BCUT2D eigenvalue weighted by molar-refractivity contribution is 0.457. The number of allylic oxidation sites excluding steroid dienone is 4. The smallest absolute Gasteiger partial charge is 0.0529 e. The molecule has 1 heterocycles. The molecule has 4 aromatic rings. The van der Waals surface area contributed by atoms with Crippen LogP contribution in [0.15, 0.2) is 102 Å². The number of thiophene rings is 1. The summed E-state index contributed by atoms with van der Waals surface area (Å²) in [4.78, 5) is 0. The lowest BCUT2D eigenvalue weighted by Gasteiger charge is -2.39. The molecule has 1 aromatic heterocycles. The molecule has 0 amide bonds. The maximum absolute atomic E-state index is 2.41. The van der Waals surface area contributed by atoms with Crippen molar-refractivity contribution < 1.29 is 0 Å². The molecule has 2 atom stereocenters. The highest BCUT2D eigenvalue weighted by molar-refractivity contribution is 7.17. The van der Waals surface area contributed by atoms with Crippen molar-refractivity contribution >= 4 is 21.4 Å². The third-order valence-corrected chi connectivity index (χ3v) is 7.38. The molecule has 28 heavy (non-hydrogen) atoms. The summed E-state index contributed by atoms with van der Waals surface area (Å²) < 4.78 is 1.41. The summed E-state index contributed by atoms with van der Waals surface area (Å²) in [5.74, 6) is 0.403. The summed E-state index contributed by atoms with van der Waals surface area (Å²) >= 11 is 1.87. The van der Waals surface area contributed by atoms with Gasteiger partial charge in [-0.15, -0.1) is 11.3 Å². The Morgan fingerprint density at radius 3 is 2.50 bits per heavy atom. The predicted octanol–water partition coefficient (Wildman–Crippen LogP) is 7.35. The van der Waals surface area contributed by atoms with E-state index in [1.165, 1.54) is 37.9 Å². The quantitative estimate of drug-likeness (QED) is 0.343. The Bertz CT molecular complexity index is 1240. The van der Waals surface area contributed by atoms with E-state index in [1.54, 1.807) is 0 Å². The van der Waals surface area contributed by atoms with Gasteiger partial charge in [0.2, 0.25) is 0 Å². The second-order valence-corrected chi connectivity index (χ2v) is 8.62. The summed E-state index contributed by atoms with van der Waals surface area (Å²) in [5, 5.41) is 3.57. The minimum Gasteiger partial charge on any atom is -0.143 e. The van der Waals surface area contributed by atoms with Crippen molar-refractivity contribution in [3.8, 4) is 11.1 Å². The van der Waals surface area contributed by atoms with Gasteiger partial charge in [-0.05, 0) is 51.4 Å². The molecular weight excluding hydrogens is 356 g/mol. The van der Waals surface area contributed by atoms with Crippen molar-refractivity contribution in [1.29, 1.82) is 0 Å². The number of fused-ring (bicyclic) bond motifs is 5. The molecule has 0 fully saturated rings. The molecule has 0 aliphatic heterocycles. The van der Waals surface area contributed by atoms with Gasteiger partial charge in [0.15, 0.2) is 0 Å². The van der Waals surface area contributed by atoms with E-state index in [2.05, 4.69) is 102 Å². The van der Waals surface area contributed by atoms with Gasteiger partial charge >= 0.3 is 0 Å². The van der Waals surface area contributed by atoms with Crippen LogP contribution in [-0.4, -0.2) is 0 Å². The van der Waals surface area contributed by atoms with Gasteiger partial charge in [0.1, 0.15) is 0 Å². The van der Waals surface area contributed by atoms with Crippen molar-refractivity contribution in [3.63, 3.8) is 0 Å². The minimum atomic E-state index is -0.146. The van der Waals surface area contributed by atoms with Crippen molar-refractivity contribution in [2.24, 2.45) is 5.92 Å². The highest BCUT2D eigenvalue weighted by Gasteiger charge is 2.49. The van der Waals surface area contributed by atoms with Crippen LogP contribution in [0, 0.1) is 5.92 Å². The molecule has 0 saturated carbocycles. The van der Waals surface area contributed by atoms with E-state index >= 15 is 0 Å². The Balaban J connectivity index is 1.79. The molecule has 0 N–H and O–H groups in total. The molecule has 0 spiro atoms. The first-order valence-electron chi connectivity index (χ1n) is 9.90. The average molecular weight is 377 g/mol. The van der Waals surface area contributed by atoms with Crippen molar-refractivity contribution in [2.45, 2.75) is 11.8 Å². The molecule has 2 aliphatic rings. The third-order valence-electron chi connectivity index (χ3n) is 6.43. The van der Waals surface area contributed by atoms with Gasteiger partial charge in [-0.3, -0.25) is 0 Å². The molecule has 2 unspecified atom stereocenters. The molecule has 2 aliphatic carbocycles. The molecule has 6 rings (SSSR count). The number of hydrogen-bond donors (Lipinski definition) is 0. The van der Waals surface area contributed by atoms with E-state index < -0.39 is 0 Å². The van der Waals surface area contributed by atoms with Crippen LogP contribution in [-0.2, 0) is 5.41 Å². The summed E-state index contributed by atoms with van der Waals surface area (Å²) in [5.41, 5.74) is 6.99. The Kier molecular flexibility index (Phi) is 3.48. The van der Waals surface area contributed by atoms with E-state index in [0.29, 0.717) is 5.92 Å². The summed E-state index contributed by atoms with van der Waals surface area (Å²) in [6, 6.07) is 27.1. The Hall–Kier alpha value is -2.90. The summed E-state index contributed by atoms with van der Waals surface area (Å²) in [7, 11) is 0.